The summed E-state index contributed by atoms with van der Waals surface area (Å²) in [4.78, 5) is 49.4. The van der Waals surface area contributed by atoms with Crippen LogP contribution < -0.4 is 4.74 Å². The third-order valence-electron chi connectivity index (χ3n) is 6.54. The van der Waals surface area contributed by atoms with Gasteiger partial charge in [0.15, 0.2) is 12.4 Å². The van der Waals surface area contributed by atoms with Crippen molar-refractivity contribution in [3.63, 3.8) is 0 Å². The molecule has 3 fully saturated rings. The molecule has 2 saturated carbocycles. The van der Waals surface area contributed by atoms with Gasteiger partial charge in [0.25, 0.3) is 0 Å². The summed E-state index contributed by atoms with van der Waals surface area (Å²) in [5.74, 6) is -2.51. The smallest absolute Gasteiger partial charge is 0.343 e. The molecule has 0 unspecified atom stereocenters. The molecule has 2 aliphatic carbocycles. The van der Waals surface area contributed by atoms with Gasteiger partial charge < -0.3 is 14.2 Å². The zero-order valence-corrected chi connectivity index (χ0v) is 18.4. The van der Waals surface area contributed by atoms with Gasteiger partial charge in [0.1, 0.15) is 11.9 Å². The van der Waals surface area contributed by atoms with Crippen LogP contribution in [0.5, 0.6) is 5.75 Å². The van der Waals surface area contributed by atoms with E-state index >= 15 is 0 Å². The van der Waals surface area contributed by atoms with E-state index in [0.717, 1.165) is 6.42 Å². The SMILES string of the molecule is O=C(COC(=O)[C@@H]1[C@H]2C[C@H]3[C@H](OC(=O)[C@@H]31)[C@H]2Br)c1ccc(OC(=O)c2ccccc2)cc1. The van der Waals surface area contributed by atoms with Crippen molar-refractivity contribution >= 4 is 39.6 Å². The number of rotatable bonds is 6. The Morgan fingerprint density at radius 3 is 2.41 bits per heavy atom. The van der Waals surface area contributed by atoms with Crippen LogP contribution in [-0.2, 0) is 19.1 Å². The summed E-state index contributed by atoms with van der Waals surface area (Å²) in [6.07, 6.45) is 0.575. The fourth-order valence-electron chi connectivity index (χ4n) is 5.06. The maximum absolute atomic E-state index is 12.7. The van der Waals surface area contributed by atoms with Gasteiger partial charge >= 0.3 is 17.9 Å². The molecule has 3 aliphatic rings. The van der Waals surface area contributed by atoms with E-state index in [1.807, 2.05) is 0 Å². The van der Waals surface area contributed by atoms with Crippen molar-refractivity contribution in [2.45, 2.75) is 17.4 Å². The highest BCUT2D eigenvalue weighted by Crippen LogP contribution is 2.60. The fourth-order valence-corrected chi connectivity index (χ4v) is 6.10. The standard InChI is InChI=1S/C24H19BrO7/c25-20-15-10-16-19(24(29)32-21(16)20)18(15)23(28)30-11-17(26)12-6-8-14(9-7-12)31-22(27)13-4-2-1-3-5-13/h1-9,15-16,18-21H,10-11H2/t15-,16-,18-,19+,20+,21+/m1/s1. The lowest BCUT2D eigenvalue weighted by Gasteiger charge is -2.26. The van der Waals surface area contributed by atoms with Gasteiger partial charge in [0.05, 0.1) is 22.2 Å². The first-order valence-electron chi connectivity index (χ1n) is 10.4. The lowest BCUT2D eigenvalue weighted by atomic mass is 9.80. The second kappa shape index (κ2) is 8.16. The molecule has 0 amide bonds. The van der Waals surface area contributed by atoms with Gasteiger partial charge in [-0.25, -0.2) is 4.79 Å². The largest absolute Gasteiger partial charge is 0.461 e. The lowest BCUT2D eigenvalue weighted by Crippen LogP contribution is -2.39. The van der Waals surface area contributed by atoms with Crippen LogP contribution in [0.15, 0.2) is 54.6 Å². The Bertz CT molecular complexity index is 1080. The second-order valence-electron chi connectivity index (χ2n) is 8.27. The molecule has 1 saturated heterocycles. The Kier molecular flexibility index (Phi) is 5.33. The molecule has 2 bridgehead atoms. The molecule has 5 rings (SSSR count). The van der Waals surface area contributed by atoms with Crippen molar-refractivity contribution in [3.05, 3.63) is 65.7 Å². The summed E-state index contributed by atoms with van der Waals surface area (Å²) in [5, 5.41) is 0. The number of hydrogen-bond acceptors (Lipinski definition) is 7. The summed E-state index contributed by atoms with van der Waals surface area (Å²) < 4.78 is 16.0. The Labute approximate surface area is 192 Å². The number of carbonyl (C=O) groups excluding carboxylic acids is 4. The van der Waals surface area contributed by atoms with Gasteiger partial charge in [0.2, 0.25) is 0 Å². The van der Waals surface area contributed by atoms with Crippen LogP contribution in [0.2, 0.25) is 0 Å². The minimum Gasteiger partial charge on any atom is -0.461 e. The van der Waals surface area contributed by atoms with Gasteiger partial charge in [-0.3, -0.25) is 14.4 Å². The maximum Gasteiger partial charge on any atom is 0.343 e. The van der Waals surface area contributed by atoms with Crippen molar-refractivity contribution in [1.82, 2.24) is 0 Å². The third kappa shape index (κ3) is 3.52. The molecule has 1 aliphatic heterocycles. The highest BCUT2D eigenvalue weighted by atomic mass is 79.9. The summed E-state index contributed by atoms with van der Waals surface area (Å²) in [6.45, 7) is -0.423. The second-order valence-corrected chi connectivity index (χ2v) is 9.33. The van der Waals surface area contributed by atoms with E-state index < -0.39 is 30.4 Å². The quantitative estimate of drug-likeness (QED) is 0.261. The Morgan fingerprint density at radius 2 is 1.69 bits per heavy atom. The molecule has 0 aromatic heterocycles. The molecule has 1 heterocycles. The van der Waals surface area contributed by atoms with Crippen LogP contribution in [0.1, 0.15) is 27.1 Å². The van der Waals surface area contributed by atoms with E-state index in [1.165, 1.54) is 24.3 Å². The van der Waals surface area contributed by atoms with Crippen LogP contribution in [0.3, 0.4) is 0 Å². The molecule has 32 heavy (non-hydrogen) atoms. The predicted molar refractivity (Wildman–Crippen MR) is 114 cm³/mol. The number of carbonyl (C=O) groups is 4. The van der Waals surface area contributed by atoms with Gasteiger partial charge in [-0.2, -0.15) is 0 Å². The number of Topliss-reactive ketones (excluding diaryl/α,β-unsaturated/α-hetero) is 1. The first-order chi connectivity index (χ1) is 15.4. The topological polar surface area (TPSA) is 96.0 Å². The number of hydrogen-bond donors (Lipinski definition) is 0. The Balaban J connectivity index is 1.17. The van der Waals surface area contributed by atoms with Crippen molar-refractivity contribution in [1.29, 1.82) is 0 Å². The van der Waals surface area contributed by atoms with Crippen LogP contribution >= 0.6 is 15.9 Å². The number of fused-ring (bicyclic) bond motifs is 1. The van der Waals surface area contributed by atoms with E-state index in [1.54, 1.807) is 30.3 Å². The summed E-state index contributed by atoms with van der Waals surface area (Å²) in [6, 6.07) is 14.6. The van der Waals surface area contributed by atoms with Crippen molar-refractivity contribution < 1.29 is 33.4 Å². The van der Waals surface area contributed by atoms with Gasteiger partial charge in [-0.1, -0.05) is 34.1 Å². The molecular formula is C24H19BrO7. The fraction of sp³-hybridized carbons (Fsp3) is 0.333. The van der Waals surface area contributed by atoms with Crippen molar-refractivity contribution in [3.8, 4) is 5.75 Å². The molecule has 8 heteroatoms. The van der Waals surface area contributed by atoms with Crippen molar-refractivity contribution in [2.75, 3.05) is 6.61 Å². The van der Waals surface area contributed by atoms with Crippen LogP contribution in [0.4, 0.5) is 0 Å². The van der Waals surface area contributed by atoms with E-state index in [0.29, 0.717) is 16.9 Å². The number of halogens is 1. The Hall–Kier alpha value is -3.00. The van der Waals surface area contributed by atoms with Gasteiger partial charge in [0, 0.05) is 11.5 Å². The number of ether oxygens (including phenoxy) is 3. The zero-order chi connectivity index (χ0) is 22.4. The molecule has 7 nitrogen and oxygen atoms in total. The number of ketones is 1. The molecule has 2 aromatic carbocycles. The van der Waals surface area contributed by atoms with Crippen LogP contribution in [0.25, 0.3) is 0 Å². The monoisotopic (exact) mass is 498 g/mol. The molecule has 164 valence electrons. The average Bonchev–Trinajstić information content (AvgIpc) is 3.42. The third-order valence-corrected chi connectivity index (χ3v) is 7.74. The molecule has 6 atom stereocenters. The number of benzene rings is 2. The number of alkyl halides is 1. The van der Waals surface area contributed by atoms with E-state index in [2.05, 4.69) is 15.9 Å². The minimum absolute atomic E-state index is 0.0253. The molecule has 0 N–H and O–H groups in total. The summed E-state index contributed by atoms with van der Waals surface area (Å²) in [7, 11) is 0. The molecule has 0 radical (unpaired) electrons. The van der Waals surface area contributed by atoms with E-state index in [9.17, 15) is 19.2 Å². The normalized spacial score (nSPS) is 29.5. The summed E-state index contributed by atoms with van der Waals surface area (Å²) >= 11 is 3.55. The first kappa shape index (κ1) is 20.9. The van der Waals surface area contributed by atoms with E-state index in [4.69, 9.17) is 14.2 Å². The lowest BCUT2D eigenvalue weighted by molar-refractivity contribution is -0.154. The van der Waals surface area contributed by atoms with Gasteiger partial charge in [-0.05, 0) is 48.7 Å². The van der Waals surface area contributed by atoms with Crippen LogP contribution in [-0.4, -0.2) is 41.2 Å². The molecule has 2 aromatic rings. The minimum atomic E-state index is -0.580. The predicted octanol–water partition coefficient (Wildman–Crippen LogP) is 3.20. The number of esters is 3. The van der Waals surface area contributed by atoms with Crippen LogP contribution in [0, 0.1) is 23.7 Å². The molecular weight excluding hydrogens is 480 g/mol. The van der Waals surface area contributed by atoms with E-state index in [-0.39, 0.29) is 34.5 Å². The summed E-state index contributed by atoms with van der Waals surface area (Å²) in [5.41, 5.74) is 0.743. The average molecular weight is 499 g/mol. The maximum atomic E-state index is 12.7. The zero-order valence-electron chi connectivity index (χ0n) is 16.8. The molecule has 0 spiro atoms. The highest BCUT2D eigenvalue weighted by molar-refractivity contribution is 9.09. The first-order valence-corrected chi connectivity index (χ1v) is 11.3. The van der Waals surface area contributed by atoms with Crippen molar-refractivity contribution in [2.24, 2.45) is 23.7 Å². The Morgan fingerprint density at radius 1 is 0.969 bits per heavy atom. The highest BCUT2D eigenvalue weighted by Gasteiger charge is 2.68. The van der Waals surface area contributed by atoms with Gasteiger partial charge in [-0.15, -0.1) is 0 Å².